The number of halogens is 1. The summed E-state index contributed by atoms with van der Waals surface area (Å²) in [6.45, 7) is 5.70. The van der Waals surface area contributed by atoms with Gasteiger partial charge in [0.15, 0.2) is 0 Å². The quantitative estimate of drug-likeness (QED) is 0.888. The van der Waals surface area contributed by atoms with Gasteiger partial charge in [-0.2, -0.15) is 0 Å². The lowest BCUT2D eigenvalue weighted by atomic mass is 10.2. The molecule has 0 atom stereocenters. The van der Waals surface area contributed by atoms with E-state index in [1.54, 1.807) is 25.1 Å². The summed E-state index contributed by atoms with van der Waals surface area (Å²) in [6.07, 6.45) is 0. The molecule has 0 unspecified atom stereocenters. The summed E-state index contributed by atoms with van der Waals surface area (Å²) < 4.78 is 13.5. The van der Waals surface area contributed by atoms with Crippen LogP contribution in [0.1, 0.15) is 31.2 Å². The molecule has 1 heterocycles. The summed E-state index contributed by atoms with van der Waals surface area (Å²) in [5.41, 5.74) is 6.97. The van der Waals surface area contributed by atoms with Crippen LogP contribution in [0.25, 0.3) is 0 Å². The Morgan fingerprint density at radius 1 is 1.26 bits per heavy atom. The van der Waals surface area contributed by atoms with Crippen molar-refractivity contribution >= 4 is 17.3 Å². The van der Waals surface area contributed by atoms with Gasteiger partial charge in [0.25, 0.3) is 0 Å². The standard InChI is InChI=1S/C14H17FN4/c1-8(2)14-18-12(16)7-13(19-14)17-11-6-4-5-10(15)9(11)3/h4-8H,1-3H3,(H3,16,17,18,19). The molecule has 19 heavy (non-hydrogen) atoms. The van der Waals surface area contributed by atoms with Gasteiger partial charge in [-0.05, 0) is 19.1 Å². The molecule has 3 N–H and O–H groups in total. The highest BCUT2D eigenvalue weighted by Gasteiger charge is 2.08. The highest BCUT2D eigenvalue weighted by Crippen LogP contribution is 2.23. The maximum absolute atomic E-state index is 13.5. The van der Waals surface area contributed by atoms with Gasteiger partial charge in [-0.25, -0.2) is 14.4 Å². The van der Waals surface area contributed by atoms with Crippen molar-refractivity contribution in [3.8, 4) is 0 Å². The molecule has 0 saturated carbocycles. The van der Waals surface area contributed by atoms with E-state index in [0.717, 1.165) is 0 Å². The van der Waals surface area contributed by atoms with Crippen LogP contribution in [0.2, 0.25) is 0 Å². The zero-order valence-corrected chi connectivity index (χ0v) is 11.2. The third-order valence-corrected chi connectivity index (χ3v) is 2.81. The minimum Gasteiger partial charge on any atom is -0.384 e. The van der Waals surface area contributed by atoms with Gasteiger partial charge in [-0.15, -0.1) is 0 Å². The molecule has 0 bridgehead atoms. The topological polar surface area (TPSA) is 63.8 Å². The number of hydrogen-bond acceptors (Lipinski definition) is 4. The summed E-state index contributed by atoms with van der Waals surface area (Å²) in [7, 11) is 0. The summed E-state index contributed by atoms with van der Waals surface area (Å²) in [4.78, 5) is 8.54. The molecule has 0 radical (unpaired) electrons. The first-order valence-corrected chi connectivity index (χ1v) is 6.14. The van der Waals surface area contributed by atoms with E-state index in [1.807, 2.05) is 13.8 Å². The maximum atomic E-state index is 13.5. The van der Waals surface area contributed by atoms with Crippen LogP contribution in [0, 0.1) is 12.7 Å². The Morgan fingerprint density at radius 2 is 2.00 bits per heavy atom. The first-order valence-electron chi connectivity index (χ1n) is 6.14. The Kier molecular flexibility index (Phi) is 3.64. The summed E-state index contributed by atoms with van der Waals surface area (Å²) in [5.74, 6) is 1.56. The number of anilines is 3. The first-order chi connectivity index (χ1) is 8.97. The molecule has 0 aliphatic carbocycles. The van der Waals surface area contributed by atoms with Crippen molar-refractivity contribution in [3.63, 3.8) is 0 Å². The average molecular weight is 260 g/mol. The van der Waals surface area contributed by atoms with Gasteiger partial charge in [0.2, 0.25) is 0 Å². The number of hydrogen-bond donors (Lipinski definition) is 2. The van der Waals surface area contributed by atoms with Crippen LogP contribution >= 0.6 is 0 Å². The van der Waals surface area contributed by atoms with Crippen molar-refractivity contribution in [1.82, 2.24) is 9.97 Å². The van der Waals surface area contributed by atoms with Crippen LogP contribution in [0.4, 0.5) is 21.7 Å². The number of aromatic nitrogens is 2. The van der Waals surface area contributed by atoms with E-state index >= 15 is 0 Å². The lowest BCUT2D eigenvalue weighted by Gasteiger charge is -2.12. The minimum atomic E-state index is -0.254. The van der Waals surface area contributed by atoms with Gasteiger partial charge in [-0.3, -0.25) is 0 Å². The number of nitrogens with zero attached hydrogens (tertiary/aromatic N) is 2. The van der Waals surface area contributed by atoms with Crippen molar-refractivity contribution < 1.29 is 4.39 Å². The second-order valence-electron chi connectivity index (χ2n) is 4.73. The smallest absolute Gasteiger partial charge is 0.136 e. The maximum Gasteiger partial charge on any atom is 0.136 e. The lowest BCUT2D eigenvalue weighted by molar-refractivity contribution is 0.619. The van der Waals surface area contributed by atoms with Gasteiger partial charge in [0.1, 0.15) is 23.3 Å². The molecule has 0 aliphatic heterocycles. The predicted molar refractivity (Wildman–Crippen MR) is 75.0 cm³/mol. The van der Waals surface area contributed by atoms with Crippen molar-refractivity contribution in [2.75, 3.05) is 11.1 Å². The average Bonchev–Trinajstić information content (AvgIpc) is 2.34. The minimum absolute atomic E-state index is 0.178. The second kappa shape index (κ2) is 5.22. The van der Waals surface area contributed by atoms with Gasteiger partial charge < -0.3 is 11.1 Å². The highest BCUT2D eigenvalue weighted by atomic mass is 19.1. The van der Waals surface area contributed by atoms with E-state index in [9.17, 15) is 4.39 Å². The molecule has 1 aromatic heterocycles. The van der Waals surface area contributed by atoms with Crippen LogP contribution in [0.15, 0.2) is 24.3 Å². The van der Waals surface area contributed by atoms with E-state index < -0.39 is 0 Å². The van der Waals surface area contributed by atoms with E-state index in [-0.39, 0.29) is 11.7 Å². The van der Waals surface area contributed by atoms with Gasteiger partial charge >= 0.3 is 0 Å². The molecule has 0 fully saturated rings. The van der Waals surface area contributed by atoms with Crippen LogP contribution < -0.4 is 11.1 Å². The molecule has 100 valence electrons. The number of nitrogens with one attached hydrogen (secondary N) is 1. The summed E-state index contributed by atoms with van der Waals surface area (Å²) in [6, 6.07) is 6.51. The molecule has 2 aromatic rings. The molecule has 5 heteroatoms. The highest BCUT2D eigenvalue weighted by molar-refractivity contribution is 5.62. The fourth-order valence-electron chi connectivity index (χ4n) is 1.69. The van der Waals surface area contributed by atoms with Gasteiger partial charge in [-0.1, -0.05) is 19.9 Å². The van der Waals surface area contributed by atoms with Gasteiger partial charge in [0, 0.05) is 23.2 Å². The number of rotatable bonds is 3. The normalized spacial score (nSPS) is 10.8. The number of nitrogens with two attached hydrogens (primary N) is 1. The fourth-order valence-corrected chi connectivity index (χ4v) is 1.69. The largest absolute Gasteiger partial charge is 0.384 e. The summed E-state index contributed by atoms with van der Waals surface area (Å²) in [5, 5.41) is 3.08. The zero-order chi connectivity index (χ0) is 14.0. The van der Waals surface area contributed by atoms with Crippen molar-refractivity contribution in [2.45, 2.75) is 26.7 Å². The van der Waals surface area contributed by atoms with Crippen LogP contribution in [0.5, 0.6) is 0 Å². The SMILES string of the molecule is Cc1c(F)cccc1Nc1cc(N)nc(C(C)C)n1. The zero-order valence-electron chi connectivity index (χ0n) is 11.2. The molecule has 0 amide bonds. The van der Waals surface area contributed by atoms with Crippen molar-refractivity contribution in [3.05, 3.63) is 41.5 Å². The molecule has 2 rings (SSSR count). The Hall–Kier alpha value is -2.17. The molecular formula is C14H17FN4. The second-order valence-corrected chi connectivity index (χ2v) is 4.73. The van der Waals surface area contributed by atoms with Crippen molar-refractivity contribution in [1.29, 1.82) is 0 Å². The van der Waals surface area contributed by atoms with Crippen molar-refractivity contribution in [2.24, 2.45) is 0 Å². The lowest BCUT2D eigenvalue weighted by Crippen LogP contribution is -2.05. The third kappa shape index (κ3) is 2.99. The Labute approximate surface area is 111 Å². The molecule has 4 nitrogen and oxygen atoms in total. The Morgan fingerprint density at radius 3 is 2.68 bits per heavy atom. The van der Waals surface area contributed by atoms with Crippen LogP contribution in [-0.4, -0.2) is 9.97 Å². The predicted octanol–water partition coefficient (Wildman–Crippen LogP) is 3.37. The van der Waals surface area contributed by atoms with E-state index in [4.69, 9.17) is 5.73 Å². The van der Waals surface area contributed by atoms with E-state index in [0.29, 0.717) is 28.7 Å². The molecule has 1 aromatic carbocycles. The first kappa shape index (κ1) is 13.3. The fraction of sp³-hybridized carbons (Fsp3) is 0.286. The number of benzene rings is 1. The third-order valence-electron chi connectivity index (χ3n) is 2.81. The Balaban J connectivity index is 2.35. The Bertz CT molecular complexity index is 596. The monoisotopic (exact) mass is 260 g/mol. The molecule has 0 aliphatic rings. The van der Waals surface area contributed by atoms with E-state index in [1.165, 1.54) is 6.07 Å². The molecule has 0 spiro atoms. The van der Waals surface area contributed by atoms with Crippen LogP contribution in [0.3, 0.4) is 0 Å². The van der Waals surface area contributed by atoms with E-state index in [2.05, 4.69) is 15.3 Å². The molecule has 0 saturated heterocycles. The molecular weight excluding hydrogens is 243 g/mol. The number of nitrogen functional groups attached to an aromatic ring is 1. The summed E-state index contributed by atoms with van der Waals surface area (Å²) >= 11 is 0. The van der Waals surface area contributed by atoms with Gasteiger partial charge in [0.05, 0.1) is 0 Å². The van der Waals surface area contributed by atoms with Crippen LogP contribution in [-0.2, 0) is 0 Å².